The van der Waals surface area contributed by atoms with E-state index in [0.29, 0.717) is 5.56 Å². The van der Waals surface area contributed by atoms with Gasteiger partial charge in [0.15, 0.2) is 5.76 Å². The second-order valence-electron chi connectivity index (χ2n) is 7.46. The molecule has 0 saturated carbocycles. The number of hydrogen-bond acceptors (Lipinski definition) is 10. The Morgan fingerprint density at radius 1 is 0.969 bits per heavy atom. The molecule has 10 heteroatoms. The van der Waals surface area contributed by atoms with Crippen LogP contribution in [0.3, 0.4) is 0 Å². The predicted octanol–water partition coefficient (Wildman–Crippen LogP) is 1.09. The SMILES string of the molecule is COc1cc(O)c2c(=O)c(O[C@@H]3O[C@@H](C)[C@H](O)[C@@H](O)[C@@H]3O)c(-c3ccc(O)cc3)oc2c1. The van der Waals surface area contributed by atoms with Crippen molar-refractivity contribution in [2.24, 2.45) is 0 Å². The molecule has 0 spiro atoms. The van der Waals surface area contributed by atoms with Crippen LogP contribution < -0.4 is 14.9 Å². The van der Waals surface area contributed by atoms with Crippen molar-refractivity contribution in [1.82, 2.24) is 0 Å². The minimum atomic E-state index is -1.67. The van der Waals surface area contributed by atoms with Gasteiger partial charge in [0.1, 0.15) is 46.5 Å². The highest BCUT2D eigenvalue weighted by Crippen LogP contribution is 2.37. The van der Waals surface area contributed by atoms with Gasteiger partial charge in [0.2, 0.25) is 17.5 Å². The largest absolute Gasteiger partial charge is 0.508 e. The molecule has 0 unspecified atom stereocenters. The lowest BCUT2D eigenvalue weighted by Crippen LogP contribution is -2.58. The Bertz CT molecular complexity index is 1190. The first kappa shape index (κ1) is 21.9. The van der Waals surface area contributed by atoms with E-state index in [9.17, 15) is 30.3 Å². The molecule has 1 aliphatic rings. The number of phenolic OH excluding ortho intramolecular Hbond substituents is 2. The molecule has 5 atom stereocenters. The summed E-state index contributed by atoms with van der Waals surface area (Å²) in [5.41, 5.74) is -0.409. The molecule has 170 valence electrons. The average molecular weight is 446 g/mol. The molecule has 1 aliphatic heterocycles. The summed E-state index contributed by atoms with van der Waals surface area (Å²) in [5, 5.41) is 50.1. The third-order valence-corrected chi connectivity index (χ3v) is 5.31. The third-order valence-electron chi connectivity index (χ3n) is 5.31. The van der Waals surface area contributed by atoms with Crippen LogP contribution in [-0.4, -0.2) is 63.3 Å². The monoisotopic (exact) mass is 446 g/mol. The zero-order chi connectivity index (χ0) is 23.2. The van der Waals surface area contributed by atoms with Crippen LogP contribution in [0.4, 0.5) is 0 Å². The molecule has 0 bridgehead atoms. The third kappa shape index (κ3) is 3.73. The molecule has 1 saturated heterocycles. The maximum Gasteiger partial charge on any atom is 0.239 e. The van der Waals surface area contributed by atoms with Crippen LogP contribution in [0.15, 0.2) is 45.6 Å². The minimum Gasteiger partial charge on any atom is -0.508 e. The fourth-order valence-electron chi connectivity index (χ4n) is 3.51. The van der Waals surface area contributed by atoms with Crippen molar-refractivity contribution in [3.8, 4) is 34.3 Å². The zero-order valence-corrected chi connectivity index (χ0v) is 17.1. The van der Waals surface area contributed by atoms with E-state index in [4.69, 9.17) is 18.6 Å². The molecule has 2 aromatic carbocycles. The van der Waals surface area contributed by atoms with Gasteiger partial charge < -0.3 is 44.2 Å². The Morgan fingerprint density at radius 2 is 1.66 bits per heavy atom. The standard InChI is InChI=1S/C22H22O10/c1-9-16(25)18(27)19(28)22(30-9)32-21-17(26)15-13(24)7-12(29-2)8-14(15)31-20(21)10-3-5-11(23)6-4-10/h3-9,16,18-19,22-25,27-28H,1-2H3/t9-,16-,18+,19-,22-/m0/s1. The predicted molar refractivity (Wildman–Crippen MR) is 111 cm³/mol. The van der Waals surface area contributed by atoms with Crippen molar-refractivity contribution in [3.05, 3.63) is 46.6 Å². The maximum atomic E-state index is 13.3. The molecule has 2 heterocycles. The molecule has 4 rings (SSSR count). The summed E-state index contributed by atoms with van der Waals surface area (Å²) >= 11 is 0. The van der Waals surface area contributed by atoms with Crippen molar-refractivity contribution in [2.45, 2.75) is 37.6 Å². The fourth-order valence-corrected chi connectivity index (χ4v) is 3.51. The molecule has 3 aromatic rings. The smallest absolute Gasteiger partial charge is 0.239 e. The van der Waals surface area contributed by atoms with Crippen LogP contribution >= 0.6 is 0 Å². The van der Waals surface area contributed by atoms with Crippen LogP contribution in [-0.2, 0) is 4.74 Å². The van der Waals surface area contributed by atoms with Crippen molar-refractivity contribution >= 4 is 11.0 Å². The maximum absolute atomic E-state index is 13.3. The van der Waals surface area contributed by atoms with Gasteiger partial charge in [-0.05, 0) is 31.2 Å². The van der Waals surface area contributed by atoms with Gasteiger partial charge in [-0.25, -0.2) is 0 Å². The Kier molecular flexibility index (Phi) is 5.70. The van der Waals surface area contributed by atoms with E-state index in [1.807, 2.05) is 0 Å². The molecule has 5 N–H and O–H groups in total. The second kappa shape index (κ2) is 8.32. The highest BCUT2D eigenvalue weighted by Gasteiger charge is 2.44. The molecule has 1 aromatic heterocycles. The van der Waals surface area contributed by atoms with E-state index in [2.05, 4.69) is 0 Å². The van der Waals surface area contributed by atoms with Crippen molar-refractivity contribution in [3.63, 3.8) is 0 Å². The number of rotatable bonds is 4. The van der Waals surface area contributed by atoms with Gasteiger partial charge in [-0.2, -0.15) is 0 Å². The first-order chi connectivity index (χ1) is 15.2. The van der Waals surface area contributed by atoms with E-state index in [-0.39, 0.29) is 28.2 Å². The average Bonchev–Trinajstić information content (AvgIpc) is 2.77. The Balaban J connectivity index is 1.90. The minimum absolute atomic E-state index is 0.0104. The molecule has 0 aliphatic carbocycles. The Labute approximate surface area is 181 Å². The van der Waals surface area contributed by atoms with Gasteiger partial charge in [-0.15, -0.1) is 0 Å². The molecule has 1 fully saturated rings. The van der Waals surface area contributed by atoms with Crippen LogP contribution in [0.5, 0.6) is 23.0 Å². The lowest BCUT2D eigenvalue weighted by Gasteiger charge is -2.38. The number of aromatic hydroxyl groups is 2. The fraction of sp³-hybridized carbons (Fsp3) is 0.318. The van der Waals surface area contributed by atoms with Crippen molar-refractivity contribution in [1.29, 1.82) is 0 Å². The van der Waals surface area contributed by atoms with Gasteiger partial charge in [0, 0.05) is 17.7 Å². The first-order valence-electron chi connectivity index (χ1n) is 9.74. The summed E-state index contributed by atoms with van der Waals surface area (Å²) < 4.78 is 22.1. The molecule has 32 heavy (non-hydrogen) atoms. The number of methoxy groups -OCH3 is 1. The lowest BCUT2D eigenvalue weighted by atomic mass is 10.00. The highest BCUT2D eigenvalue weighted by molar-refractivity contribution is 5.88. The number of phenols is 2. The number of aliphatic hydroxyl groups excluding tert-OH is 3. The van der Waals surface area contributed by atoms with Gasteiger partial charge in [-0.3, -0.25) is 4.79 Å². The van der Waals surface area contributed by atoms with E-state index in [1.165, 1.54) is 50.4 Å². The summed E-state index contributed by atoms with van der Waals surface area (Å²) in [6, 6.07) is 8.36. The Morgan fingerprint density at radius 3 is 2.31 bits per heavy atom. The molecule has 0 radical (unpaired) electrons. The number of hydrogen-bond donors (Lipinski definition) is 5. The van der Waals surface area contributed by atoms with Crippen LogP contribution in [0.25, 0.3) is 22.3 Å². The van der Waals surface area contributed by atoms with Crippen molar-refractivity contribution in [2.75, 3.05) is 7.11 Å². The van der Waals surface area contributed by atoms with E-state index in [0.717, 1.165) is 0 Å². The highest BCUT2D eigenvalue weighted by atomic mass is 16.7. The van der Waals surface area contributed by atoms with Gasteiger partial charge >= 0.3 is 0 Å². The quantitative estimate of drug-likeness (QED) is 0.393. The molecular formula is C22H22O10. The number of aliphatic hydroxyl groups is 3. The number of ether oxygens (including phenoxy) is 3. The Hall–Kier alpha value is -3.31. The summed E-state index contributed by atoms with van der Waals surface area (Å²) in [7, 11) is 1.39. The topological polar surface area (TPSA) is 159 Å². The van der Waals surface area contributed by atoms with Crippen LogP contribution in [0, 0.1) is 0 Å². The van der Waals surface area contributed by atoms with Gasteiger partial charge in [-0.1, -0.05) is 0 Å². The summed E-state index contributed by atoms with van der Waals surface area (Å²) in [6.07, 6.45) is -7.02. The first-order valence-corrected chi connectivity index (χ1v) is 9.74. The van der Waals surface area contributed by atoms with E-state index >= 15 is 0 Å². The number of benzene rings is 2. The zero-order valence-electron chi connectivity index (χ0n) is 17.1. The van der Waals surface area contributed by atoms with Crippen molar-refractivity contribution < 1.29 is 44.2 Å². The number of fused-ring (bicyclic) bond motifs is 1. The van der Waals surface area contributed by atoms with Gasteiger partial charge in [0.25, 0.3) is 0 Å². The van der Waals surface area contributed by atoms with Crippen LogP contribution in [0.1, 0.15) is 6.92 Å². The summed E-state index contributed by atoms with van der Waals surface area (Å²) in [4.78, 5) is 13.3. The molecule has 0 amide bonds. The lowest BCUT2D eigenvalue weighted by molar-refractivity contribution is -0.268. The molecule has 10 nitrogen and oxygen atoms in total. The van der Waals surface area contributed by atoms with E-state index in [1.54, 1.807) is 0 Å². The summed E-state index contributed by atoms with van der Waals surface area (Å²) in [5.74, 6) is -0.650. The van der Waals surface area contributed by atoms with Gasteiger partial charge in [0.05, 0.1) is 13.2 Å². The van der Waals surface area contributed by atoms with Crippen LogP contribution in [0.2, 0.25) is 0 Å². The molecular weight excluding hydrogens is 424 g/mol. The second-order valence-corrected chi connectivity index (χ2v) is 7.46. The van der Waals surface area contributed by atoms with E-state index < -0.39 is 47.6 Å². The summed E-state index contributed by atoms with van der Waals surface area (Å²) in [6.45, 7) is 1.47. The normalized spacial score (nSPS) is 25.6.